The number of nitrogens with zero attached hydrogens (tertiary/aromatic N) is 3. The first-order chi connectivity index (χ1) is 20.0. The van der Waals surface area contributed by atoms with Crippen molar-refractivity contribution in [2.75, 3.05) is 23.7 Å². The Kier molecular flexibility index (Phi) is 7.39. The highest BCUT2D eigenvalue weighted by Crippen LogP contribution is 2.60. The van der Waals surface area contributed by atoms with Crippen LogP contribution in [0, 0.1) is 34.5 Å². The first-order valence-corrected chi connectivity index (χ1v) is 14.3. The van der Waals surface area contributed by atoms with E-state index >= 15 is 0 Å². The second-order valence-electron chi connectivity index (χ2n) is 12.2. The van der Waals surface area contributed by atoms with Gasteiger partial charge in [-0.05, 0) is 74.3 Å². The van der Waals surface area contributed by atoms with Gasteiger partial charge in [-0.1, -0.05) is 18.2 Å². The Morgan fingerprint density at radius 1 is 1.19 bits per heavy atom. The van der Waals surface area contributed by atoms with Gasteiger partial charge in [0, 0.05) is 25.1 Å². The van der Waals surface area contributed by atoms with Crippen LogP contribution in [0.15, 0.2) is 30.5 Å². The van der Waals surface area contributed by atoms with Gasteiger partial charge in [-0.2, -0.15) is 10.2 Å². The zero-order valence-corrected chi connectivity index (χ0v) is 22.9. The van der Waals surface area contributed by atoms with Crippen molar-refractivity contribution in [2.45, 2.75) is 69.7 Å². The molecule has 0 spiro atoms. The monoisotopic (exact) mass is 586 g/mol. The molecule has 3 unspecified atom stereocenters. The van der Waals surface area contributed by atoms with Crippen LogP contribution >= 0.6 is 0 Å². The Hall–Kier alpha value is -3.63. The molecule has 224 valence electrons. The fourth-order valence-corrected chi connectivity index (χ4v) is 7.68. The number of nitrogens with one attached hydrogen (secondary N) is 3. The predicted molar refractivity (Wildman–Crippen MR) is 144 cm³/mol. The molecule has 1 aliphatic heterocycles. The summed E-state index contributed by atoms with van der Waals surface area (Å²) in [4.78, 5) is 21.4. The topological polar surface area (TPSA) is 141 Å². The second-order valence-corrected chi connectivity index (χ2v) is 12.2. The zero-order chi connectivity index (χ0) is 29.5. The number of ether oxygens (including phenoxy) is 2. The van der Waals surface area contributed by atoms with E-state index in [1.807, 2.05) is 0 Å². The van der Waals surface area contributed by atoms with Gasteiger partial charge >= 0.3 is 12.3 Å². The molecule has 6 atom stereocenters. The Morgan fingerprint density at radius 2 is 1.95 bits per heavy atom. The Labute approximate surface area is 241 Å². The van der Waals surface area contributed by atoms with Crippen molar-refractivity contribution >= 4 is 17.7 Å². The maximum absolute atomic E-state index is 12.8. The van der Waals surface area contributed by atoms with E-state index in [9.17, 15) is 28.3 Å². The largest absolute Gasteiger partial charge is 0.573 e. The van der Waals surface area contributed by atoms with Crippen molar-refractivity contribution in [3.8, 4) is 11.8 Å². The molecule has 1 saturated heterocycles. The summed E-state index contributed by atoms with van der Waals surface area (Å²) in [6.45, 7) is 1.15. The quantitative estimate of drug-likeness (QED) is 0.318. The molecule has 2 heterocycles. The summed E-state index contributed by atoms with van der Waals surface area (Å²) < 4.78 is 48.4. The van der Waals surface area contributed by atoms with E-state index in [1.165, 1.54) is 24.4 Å². The summed E-state index contributed by atoms with van der Waals surface area (Å²) in [5.41, 5.74) is -1.10. The van der Waals surface area contributed by atoms with Crippen LogP contribution in [-0.4, -0.2) is 52.3 Å². The average molecular weight is 587 g/mol. The Bertz CT molecular complexity index is 1360. The van der Waals surface area contributed by atoms with Crippen molar-refractivity contribution in [1.82, 2.24) is 15.3 Å². The van der Waals surface area contributed by atoms with Gasteiger partial charge in [0.05, 0.1) is 6.20 Å². The number of esters is 1. The van der Waals surface area contributed by atoms with E-state index in [4.69, 9.17) is 4.74 Å². The summed E-state index contributed by atoms with van der Waals surface area (Å²) >= 11 is 0. The highest BCUT2D eigenvalue weighted by molar-refractivity contribution is 5.79. The number of aromatic nitrogens is 2. The number of hydrogen-bond donors (Lipinski definition) is 4. The Morgan fingerprint density at radius 3 is 2.64 bits per heavy atom. The SMILES string of the molecule is N#Cc1cnc(NCc2ccccc2OC(F)(F)F)nc1NCC12CC3C[C@H](C1)C(OC(=O)[C@]1(O)CCCN1)[C@@H](C3)C2. The molecule has 4 N–H and O–H groups in total. The summed E-state index contributed by atoms with van der Waals surface area (Å²) in [6, 6.07) is 7.92. The van der Waals surface area contributed by atoms with Crippen LogP contribution in [0.4, 0.5) is 24.9 Å². The number of carbonyl (C=O) groups is 1. The fourth-order valence-electron chi connectivity index (χ4n) is 7.68. The maximum atomic E-state index is 12.8. The molecule has 0 amide bonds. The van der Waals surface area contributed by atoms with Gasteiger partial charge in [0.2, 0.25) is 11.7 Å². The number of halogens is 3. The normalized spacial score (nSPS) is 31.4. The third-order valence-corrected chi connectivity index (χ3v) is 9.20. The van der Waals surface area contributed by atoms with Gasteiger partial charge in [-0.3, -0.25) is 5.32 Å². The molecule has 4 aliphatic carbocycles. The van der Waals surface area contributed by atoms with Crippen LogP contribution in [0.2, 0.25) is 0 Å². The number of aliphatic hydroxyl groups is 1. The van der Waals surface area contributed by atoms with Crippen molar-refractivity contribution < 1.29 is 32.5 Å². The lowest BCUT2D eigenvalue weighted by Crippen LogP contribution is -2.58. The molecule has 4 bridgehead atoms. The summed E-state index contributed by atoms with van der Waals surface area (Å²) in [5, 5.41) is 29.4. The minimum absolute atomic E-state index is 0.0165. The number of carbonyl (C=O) groups excluding carboxylic acids is 1. The molecule has 13 heteroatoms. The standard InChI is InChI=1S/C29H33F3N6O4/c30-29(31,32)42-22-5-2-1-4-18(22)14-34-26-35-15-21(13-33)24(38-26)36-16-27-10-17-8-19(11-27)23(20(9-17)12-27)41-25(39)28(40)6-3-7-37-28/h1-2,4-5,15,17,19-20,23,37,40H,3,6-12,14,16H2,(H2,34,35,36,38)/t17?,19-,20+,23?,27?,28-/m1/s1. The van der Waals surface area contributed by atoms with E-state index in [0.717, 1.165) is 38.5 Å². The molecule has 4 saturated carbocycles. The average Bonchev–Trinajstić information content (AvgIpc) is 3.40. The van der Waals surface area contributed by atoms with Crippen LogP contribution in [-0.2, 0) is 16.1 Å². The minimum atomic E-state index is -4.81. The Balaban J connectivity index is 1.11. The number of benzene rings is 1. The molecule has 7 rings (SSSR count). The van der Waals surface area contributed by atoms with Crippen molar-refractivity contribution in [1.29, 1.82) is 5.26 Å². The molecular formula is C29H33F3N6O4. The van der Waals surface area contributed by atoms with E-state index < -0.39 is 18.1 Å². The summed E-state index contributed by atoms with van der Waals surface area (Å²) in [7, 11) is 0. The van der Waals surface area contributed by atoms with Crippen LogP contribution in [0.25, 0.3) is 0 Å². The van der Waals surface area contributed by atoms with Crippen molar-refractivity contribution in [3.63, 3.8) is 0 Å². The third-order valence-electron chi connectivity index (χ3n) is 9.20. The van der Waals surface area contributed by atoms with Crippen LogP contribution in [0.3, 0.4) is 0 Å². The first kappa shape index (κ1) is 28.5. The molecular weight excluding hydrogens is 553 g/mol. The van der Waals surface area contributed by atoms with Crippen LogP contribution < -0.4 is 20.7 Å². The highest BCUT2D eigenvalue weighted by Gasteiger charge is 2.57. The van der Waals surface area contributed by atoms with Crippen LogP contribution in [0.5, 0.6) is 5.75 Å². The van der Waals surface area contributed by atoms with Gasteiger partial charge in [0.25, 0.3) is 0 Å². The number of rotatable bonds is 9. The first-order valence-electron chi connectivity index (χ1n) is 14.3. The number of nitriles is 1. The minimum Gasteiger partial charge on any atom is -0.459 e. The summed E-state index contributed by atoms with van der Waals surface area (Å²) in [6.07, 6.45) is 2.20. The molecule has 42 heavy (non-hydrogen) atoms. The van der Waals surface area contributed by atoms with Gasteiger partial charge < -0.3 is 25.2 Å². The highest BCUT2D eigenvalue weighted by atomic mass is 19.4. The van der Waals surface area contributed by atoms with Gasteiger partial charge in [-0.15, -0.1) is 13.2 Å². The van der Waals surface area contributed by atoms with Gasteiger partial charge in [0.1, 0.15) is 29.3 Å². The molecule has 0 radical (unpaired) electrons. The van der Waals surface area contributed by atoms with Crippen molar-refractivity contribution in [3.05, 3.63) is 41.6 Å². The number of alkyl halides is 3. The number of anilines is 2. The zero-order valence-electron chi connectivity index (χ0n) is 22.9. The predicted octanol–water partition coefficient (Wildman–Crippen LogP) is 4.08. The molecule has 1 aromatic carbocycles. The summed E-state index contributed by atoms with van der Waals surface area (Å²) in [5.74, 6) is 0.579. The molecule has 10 nitrogen and oxygen atoms in total. The van der Waals surface area contributed by atoms with E-state index in [1.54, 1.807) is 6.07 Å². The molecule has 5 fully saturated rings. The number of hydrogen-bond acceptors (Lipinski definition) is 10. The van der Waals surface area contributed by atoms with Crippen molar-refractivity contribution in [2.24, 2.45) is 23.2 Å². The molecule has 1 aromatic heterocycles. The van der Waals surface area contributed by atoms with Gasteiger partial charge in [-0.25, -0.2) is 9.78 Å². The molecule has 2 aromatic rings. The second kappa shape index (κ2) is 10.9. The lowest BCUT2D eigenvalue weighted by molar-refractivity contribution is -0.274. The van der Waals surface area contributed by atoms with Crippen LogP contribution in [0.1, 0.15) is 56.1 Å². The fraction of sp³-hybridized carbons (Fsp3) is 0.586. The smallest absolute Gasteiger partial charge is 0.459 e. The lowest BCUT2D eigenvalue weighted by atomic mass is 9.48. The molecule has 5 aliphatic rings. The van der Waals surface area contributed by atoms with Gasteiger partial charge in [0.15, 0.2) is 0 Å². The van der Waals surface area contributed by atoms with E-state index in [0.29, 0.717) is 31.2 Å². The number of para-hydroxylation sites is 1. The van der Waals surface area contributed by atoms with E-state index in [-0.39, 0.29) is 52.7 Å². The third kappa shape index (κ3) is 5.83. The lowest BCUT2D eigenvalue weighted by Gasteiger charge is -2.59. The maximum Gasteiger partial charge on any atom is 0.573 e. The van der Waals surface area contributed by atoms with E-state index in [2.05, 4.69) is 36.7 Å².